The zero-order valence-corrected chi connectivity index (χ0v) is 22.4. The van der Waals surface area contributed by atoms with Crippen LogP contribution < -0.4 is 10.2 Å². The van der Waals surface area contributed by atoms with Crippen LogP contribution in [0.5, 0.6) is 0 Å². The summed E-state index contributed by atoms with van der Waals surface area (Å²) in [6.45, 7) is 2.05. The number of fused-ring (bicyclic) bond motifs is 1. The largest absolute Gasteiger partial charge is 0.326 e. The number of carbonyl (C=O) groups excluding carboxylic acids is 1. The summed E-state index contributed by atoms with van der Waals surface area (Å²) in [5.74, 6) is -0.191. The Balaban J connectivity index is 1.30. The monoisotopic (exact) mass is 542 g/mol. The number of amides is 1. The summed E-state index contributed by atoms with van der Waals surface area (Å²) < 4.78 is 26.5. The molecule has 0 fully saturated rings. The summed E-state index contributed by atoms with van der Waals surface area (Å²) in [5, 5.41) is 2.88. The summed E-state index contributed by atoms with van der Waals surface area (Å²) >= 11 is 1.15. The summed E-state index contributed by atoms with van der Waals surface area (Å²) in [7, 11) is -3.28. The van der Waals surface area contributed by atoms with Gasteiger partial charge in [0.2, 0.25) is 5.91 Å². The maximum atomic E-state index is 12.8. The highest BCUT2D eigenvalue weighted by atomic mass is 32.2. The predicted octanol–water partition coefficient (Wildman–Crippen LogP) is 5.75. The standard InChI is InChI=1S/C30H26N2O4S2/c1-2-38(35,36)26-14-11-21(12-15-26)18-29(33)31-25-13-16-27-28(19-25)37-30(34)32(27)20-22-7-6-10-24(17-22)23-8-4-3-5-9-23/h3-17,19H,2,18,20H2,1H3,(H,31,33). The van der Waals surface area contributed by atoms with Crippen LogP contribution >= 0.6 is 11.3 Å². The van der Waals surface area contributed by atoms with Crippen molar-refractivity contribution in [1.29, 1.82) is 0 Å². The molecule has 1 N–H and O–H groups in total. The maximum absolute atomic E-state index is 12.8. The number of benzene rings is 4. The zero-order valence-electron chi connectivity index (χ0n) is 20.8. The van der Waals surface area contributed by atoms with Crippen LogP contribution in [0, 0.1) is 0 Å². The molecule has 1 aromatic heterocycles. The number of hydrogen-bond donors (Lipinski definition) is 1. The van der Waals surface area contributed by atoms with Crippen molar-refractivity contribution in [3.63, 3.8) is 0 Å². The number of hydrogen-bond acceptors (Lipinski definition) is 5. The van der Waals surface area contributed by atoms with Gasteiger partial charge in [-0.05, 0) is 58.7 Å². The van der Waals surface area contributed by atoms with Gasteiger partial charge in [-0.1, -0.05) is 78.9 Å². The highest BCUT2D eigenvalue weighted by Crippen LogP contribution is 2.25. The quantitative estimate of drug-likeness (QED) is 0.270. The van der Waals surface area contributed by atoms with Gasteiger partial charge in [-0.2, -0.15) is 0 Å². The molecule has 0 saturated heterocycles. The van der Waals surface area contributed by atoms with Crippen LogP contribution in [0.15, 0.2) is 107 Å². The Morgan fingerprint density at radius 3 is 2.32 bits per heavy atom. The molecule has 0 atom stereocenters. The van der Waals surface area contributed by atoms with E-state index in [4.69, 9.17) is 0 Å². The van der Waals surface area contributed by atoms with E-state index in [2.05, 4.69) is 29.6 Å². The molecule has 0 spiro atoms. The van der Waals surface area contributed by atoms with E-state index in [0.717, 1.165) is 38.2 Å². The molecule has 0 saturated carbocycles. The molecule has 192 valence electrons. The second kappa shape index (κ2) is 10.8. The second-order valence-electron chi connectivity index (χ2n) is 8.98. The molecule has 8 heteroatoms. The molecule has 1 amide bonds. The molecule has 1 heterocycles. The molecule has 0 aliphatic heterocycles. The molecule has 0 radical (unpaired) electrons. The third-order valence-electron chi connectivity index (χ3n) is 6.35. The summed E-state index contributed by atoms with van der Waals surface area (Å²) in [6.07, 6.45) is 0.111. The Kier molecular flexibility index (Phi) is 7.26. The Morgan fingerprint density at radius 1 is 0.842 bits per heavy atom. The van der Waals surface area contributed by atoms with Gasteiger partial charge in [-0.15, -0.1) is 0 Å². The number of sulfone groups is 1. The van der Waals surface area contributed by atoms with Crippen LogP contribution in [0.2, 0.25) is 0 Å². The number of nitrogens with one attached hydrogen (secondary N) is 1. The van der Waals surface area contributed by atoms with Crippen molar-refractivity contribution in [2.75, 3.05) is 11.1 Å². The number of nitrogens with zero attached hydrogens (tertiary/aromatic N) is 1. The van der Waals surface area contributed by atoms with Crippen LogP contribution in [0.25, 0.3) is 21.3 Å². The van der Waals surface area contributed by atoms with E-state index in [9.17, 15) is 18.0 Å². The lowest BCUT2D eigenvalue weighted by Gasteiger charge is -2.09. The van der Waals surface area contributed by atoms with Crippen molar-refractivity contribution < 1.29 is 13.2 Å². The van der Waals surface area contributed by atoms with Crippen LogP contribution in [0.1, 0.15) is 18.1 Å². The van der Waals surface area contributed by atoms with E-state index in [0.29, 0.717) is 17.8 Å². The molecule has 4 aromatic carbocycles. The highest BCUT2D eigenvalue weighted by Gasteiger charge is 2.13. The summed E-state index contributed by atoms with van der Waals surface area (Å²) in [5.41, 5.74) is 5.39. The molecule has 38 heavy (non-hydrogen) atoms. The van der Waals surface area contributed by atoms with Crippen LogP contribution in [-0.4, -0.2) is 24.6 Å². The van der Waals surface area contributed by atoms with Gasteiger partial charge in [-0.25, -0.2) is 8.42 Å². The molecular formula is C30H26N2O4S2. The first kappa shape index (κ1) is 25.6. The SMILES string of the molecule is CCS(=O)(=O)c1ccc(CC(=O)Nc2ccc3c(c2)sc(=O)n3Cc2cccc(-c3ccccc3)c2)cc1. The predicted molar refractivity (Wildman–Crippen MR) is 154 cm³/mol. The van der Waals surface area contributed by atoms with Crippen molar-refractivity contribution in [1.82, 2.24) is 4.57 Å². The van der Waals surface area contributed by atoms with Crippen molar-refractivity contribution in [3.05, 3.63) is 118 Å². The normalized spacial score (nSPS) is 11.5. The minimum atomic E-state index is -3.28. The smallest absolute Gasteiger partial charge is 0.308 e. The fourth-order valence-corrected chi connectivity index (χ4v) is 6.14. The molecule has 0 aliphatic rings. The summed E-state index contributed by atoms with van der Waals surface area (Å²) in [6, 6.07) is 30.1. The van der Waals surface area contributed by atoms with Crippen molar-refractivity contribution in [2.45, 2.75) is 24.8 Å². The van der Waals surface area contributed by atoms with Crippen LogP contribution in [0.3, 0.4) is 0 Å². The van der Waals surface area contributed by atoms with E-state index in [1.807, 2.05) is 42.5 Å². The minimum absolute atomic E-state index is 0.0309. The lowest BCUT2D eigenvalue weighted by Crippen LogP contribution is -2.15. The van der Waals surface area contributed by atoms with Gasteiger partial charge >= 0.3 is 4.87 Å². The lowest BCUT2D eigenvalue weighted by atomic mass is 10.0. The van der Waals surface area contributed by atoms with E-state index in [1.54, 1.807) is 29.7 Å². The molecular weight excluding hydrogens is 516 g/mol. The molecule has 0 unspecified atom stereocenters. The van der Waals surface area contributed by atoms with Crippen molar-refractivity contribution in [2.24, 2.45) is 0 Å². The van der Waals surface area contributed by atoms with Gasteiger partial charge in [0.1, 0.15) is 0 Å². The third-order valence-corrected chi connectivity index (χ3v) is 9.05. The van der Waals surface area contributed by atoms with Gasteiger partial charge in [0.25, 0.3) is 0 Å². The molecule has 6 nitrogen and oxygen atoms in total. The topological polar surface area (TPSA) is 85.2 Å². The Morgan fingerprint density at radius 2 is 1.58 bits per heavy atom. The van der Waals surface area contributed by atoms with Gasteiger partial charge in [0.05, 0.1) is 33.8 Å². The molecule has 0 aliphatic carbocycles. The van der Waals surface area contributed by atoms with E-state index in [-0.39, 0.29) is 27.8 Å². The van der Waals surface area contributed by atoms with E-state index < -0.39 is 9.84 Å². The van der Waals surface area contributed by atoms with Gasteiger partial charge in [-0.3, -0.25) is 14.2 Å². The number of anilines is 1. The van der Waals surface area contributed by atoms with Gasteiger partial charge < -0.3 is 5.32 Å². The summed E-state index contributed by atoms with van der Waals surface area (Å²) in [4.78, 5) is 25.7. The molecule has 0 bridgehead atoms. The van der Waals surface area contributed by atoms with E-state index in [1.165, 1.54) is 12.1 Å². The fraction of sp³-hybridized carbons (Fsp3) is 0.133. The molecule has 5 rings (SSSR count). The van der Waals surface area contributed by atoms with Gasteiger partial charge in [0, 0.05) is 5.69 Å². The molecule has 5 aromatic rings. The number of carbonyl (C=O) groups is 1. The van der Waals surface area contributed by atoms with Crippen molar-refractivity contribution >= 4 is 43.0 Å². The highest BCUT2D eigenvalue weighted by molar-refractivity contribution is 7.91. The first-order valence-corrected chi connectivity index (χ1v) is 14.7. The Labute approximate surface area is 225 Å². The minimum Gasteiger partial charge on any atom is -0.326 e. The first-order chi connectivity index (χ1) is 18.3. The number of thiazole rings is 1. The first-order valence-electron chi connectivity index (χ1n) is 12.2. The van der Waals surface area contributed by atoms with E-state index >= 15 is 0 Å². The van der Waals surface area contributed by atoms with Crippen LogP contribution in [-0.2, 0) is 27.6 Å². The second-order valence-corrected chi connectivity index (χ2v) is 12.2. The van der Waals surface area contributed by atoms with Gasteiger partial charge in [0.15, 0.2) is 9.84 Å². The lowest BCUT2D eigenvalue weighted by molar-refractivity contribution is -0.115. The third kappa shape index (κ3) is 5.61. The number of rotatable bonds is 8. The zero-order chi connectivity index (χ0) is 26.7. The average molecular weight is 543 g/mol. The number of aromatic nitrogens is 1. The average Bonchev–Trinajstić information content (AvgIpc) is 3.23. The van der Waals surface area contributed by atoms with Crippen LogP contribution in [0.4, 0.5) is 5.69 Å². The fourth-order valence-electron chi connectivity index (χ4n) is 4.33. The maximum Gasteiger partial charge on any atom is 0.308 e. The Bertz CT molecular complexity index is 1770. The van der Waals surface area contributed by atoms with Crippen molar-refractivity contribution in [3.8, 4) is 11.1 Å². The Hall–Kier alpha value is -4.01.